The molecule has 0 aliphatic rings. The van der Waals surface area contributed by atoms with E-state index < -0.39 is 0 Å². The van der Waals surface area contributed by atoms with Crippen LogP contribution in [-0.2, 0) is 0 Å². The van der Waals surface area contributed by atoms with Gasteiger partial charge in [0, 0.05) is 5.39 Å². The zero-order chi connectivity index (χ0) is 11.8. The molecule has 84 valence electrons. The summed E-state index contributed by atoms with van der Waals surface area (Å²) in [5, 5.41) is 6.20. The van der Waals surface area contributed by atoms with Gasteiger partial charge in [-0.25, -0.2) is 4.98 Å². The second-order valence-corrected chi connectivity index (χ2v) is 5.11. The van der Waals surface area contributed by atoms with Gasteiger partial charge in [-0.2, -0.15) is 0 Å². The number of nitrogens with two attached hydrogens (primary N) is 1. The second kappa shape index (κ2) is 3.94. The highest BCUT2D eigenvalue weighted by Crippen LogP contribution is 2.31. The van der Waals surface area contributed by atoms with Crippen LogP contribution in [0.15, 0.2) is 36.4 Å². The van der Waals surface area contributed by atoms with E-state index in [-0.39, 0.29) is 5.11 Å². The first kappa shape index (κ1) is 10.4. The number of aromatic nitrogens is 1. The van der Waals surface area contributed by atoms with Crippen LogP contribution < -0.4 is 11.1 Å². The van der Waals surface area contributed by atoms with Crippen molar-refractivity contribution in [1.82, 2.24) is 4.98 Å². The van der Waals surface area contributed by atoms with Gasteiger partial charge in [-0.3, -0.25) is 0 Å². The van der Waals surface area contributed by atoms with Crippen LogP contribution in [0.25, 0.3) is 21.0 Å². The van der Waals surface area contributed by atoms with E-state index in [0.717, 1.165) is 20.7 Å². The minimum Gasteiger partial charge on any atom is -0.376 e. The van der Waals surface area contributed by atoms with E-state index in [4.69, 9.17) is 18.0 Å². The number of thiazole rings is 1. The fraction of sp³-hybridized carbons (Fsp3) is 0. The molecule has 5 heteroatoms. The average molecular weight is 259 g/mol. The highest BCUT2D eigenvalue weighted by atomic mass is 32.1. The molecule has 0 saturated carbocycles. The Hall–Kier alpha value is -1.72. The maximum Gasteiger partial charge on any atom is 0.190 e. The number of rotatable bonds is 1. The minimum absolute atomic E-state index is 0.244. The zero-order valence-corrected chi connectivity index (χ0v) is 10.4. The van der Waals surface area contributed by atoms with E-state index in [9.17, 15) is 0 Å². The third-order valence-corrected chi connectivity index (χ3v) is 3.55. The first-order chi connectivity index (χ1) is 8.24. The van der Waals surface area contributed by atoms with Crippen LogP contribution in [-0.4, -0.2) is 10.1 Å². The average Bonchev–Trinajstić information content (AvgIpc) is 2.70. The third-order valence-electron chi connectivity index (χ3n) is 2.51. The smallest absolute Gasteiger partial charge is 0.190 e. The molecule has 3 nitrogen and oxygen atoms in total. The molecule has 0 amide bonds. The van der Waals surface area contributed by atoms with Crippen LogP contribution >= 0.6 is 23.6 Å². The Labute approximate surface area is 107 Å². The van der Waals surface area contributed by atoms with E-state index in [0.29, 0.717) is 0 Å². The van der Waals surface area contributed by atoms with E-state index in [1.807, 2.05) is 12.1 Å². The van der Waals surface area contributed by atoms with Gasteiger partial charge in [-0.05, 0) is 23.7 Å². The lowest BCUT2D eigenvalue weighted by molar-refractivity contribution is 1.48. The number of hydrogen-bond donors (Lipinski definition) is 2. The summed E-state index contributed by atoms with van der Waals surface area (Å²) in [6.07, 6.45) is 0. The van der Waals surface area contributed by atoms with Crippen LogP contribution in [0.4, 0.5) is 5.13 Å². The summed E-state index contributed by atoms with van der Waals surface area (Å²) in [7, 11) is 0. The number of benzene rings is 2. The van der Waals surface area contributed by atoms with Gasteiger partial charge >= 0.3 is 0 Å². The molecule has 0 saturated heterocycles. The van der Waals surface area contributed by atoms with E-state index >= 15 is 0 Å². The van der Waals surface area contributed by atoms with Gasteiger partial charge in [-0.1, -0.05) is 41.7 Å². The summed E-state index contributed by atoms with van der Waals surface area (Å²) in [5.74, 6) is 0. The third kappa shape index (κ3) is 1.83. The summed E-state index contributed by atoms with van der Waals surface area (Å²) in [5.41, 5.74) is 6.44. The van der Waals surface area contributed by atoms with Crippen molar-refractivity contribution in [2.75, 3.05) is 5.32 Å². The van der Waals surface area contributed by atoms with Gasteiger partial charge < -0.3 is 11.1 Å². The highest BCUT2D eigenvalue weighted by molar-refractivity contribution is 7.80. The molecule has 3 aromatic rings. The summed E-state index contributed by atoms with van der Waals surface area (Å²) >= 11 is 6.36. The largest absolute Gasteiger partial charge is 0.376 e. The molecule has 1 heterocycles. The molecular weight excluding hydrogens is 250 g/mol. The van der Waals surface area contributed by atoms with Gasteiger partial charge in [0.25, 0.3) is 0 Å². The van der Waals surface area contributed by atoms with Crippen LogP contribution in [0.1, 0.15) is 0 Å². The van der Waals surface area contributed by atoms with Gasteiger partial charge in [0.1, 0.15) is 0 Å². The molecule has 17 heavy (non-hydrogen) atoms. The van der Waals surface area contributed by atoms with E-state index in [2.05, 4.69) is 34.6 Å². The molecule has 3 N–H and O–H groups in total. The molecule has 0 bridgehead atoms. The van der Waals surface area contributed by atoms with Gasteiger partial charge in [0.15, 0.2) is 10.2 Å². The molecular formula is C12H9N3S2. The Kier molecular flexibility index (Phi) is 2.42. The predicted octanol–water partition coefficient (Wildman–Crippen LogP) is 3.11. The Bertz CT molecular complexity index is 718. The summed E-state index contributed by atoms with van der Waals surface area (Å²) < 4.78 is 1.13. The monoisotopic (exact) mass is 259 g/mol. The van der Waals surface area contributed by atoms with Crippen LogP contribution in [0.2, 0.25) is 0 Å². The minimum atomic E-state index is 0.244. The standard InChI is InChI=1S/C12H9N3S2/c13-11(16)15-12-14-10-8-4-2-1-3-7(8)5-6-9(10)17-12/h1-6H,(H3,13,14,15,16). The van der Waals surface area contributed by atoms with Crippen LogP contribution in [0, 0.1) is 0 Å². The van der Waals surface area contributed by atoms with Crippen molar-refractivity contribution >= 4 is 54.8 Å². The zero-order valence-electron chi connectivity index (χ0n) is 8.81. The molecule has 1 aromatic heterocycles. The molecule has 0 radical (unpaired) electrons. The molecule has 0 unspecified atom stereocenters. The first-order valence-electron chi connectivity index (χ1n) is 5.09. The quantitative estimate of drug-likeness (QED) is 0.659. The number of fused-ring (bicyclic) bond motifs is 3. The number of nitrogens with one attached hydrogen (secondary N) is 1. The molecule has 3 rings (SSSR count). The summed E-state index contributed by atoms with van der Waals surface area (Å²) in [6.45, 7) is 0. The maximum atomic E-state index is 5.45. The molecule has 0 aliphatic heterocycles. The van der Waals surface area contributed by atoms with Crippen molar-refractivity contribution in [1.29, 1.82) is 0 Å². The van der Waals surface area contributed by atoms with Crippen LogP contribution in [0.5, 0.6) is 0 Å². The molecule has 0 fully saturated rings. The molecule has 0 spiro atoms. The van der Waals surface area contributed by atoms with E-state index in [1.165, 1.54) is 5.39 Å². The highest BCUT2D eigenvalue weighted by Gasteiger charge is 2.07. The van der Waals surface area contributed by atoms with Gasteiger partial charge in [-0.15, -0.1) is 0 Å². The Balaban J connectivity index is 2.27. The topological polar surface area (TPSA) is 50.9 Å². The normalized spacial score (nSPS) is 10.8. The fourth-order valence-electron chi connectivity index (χ4n) is 1.82. The van der Waals surface area contributed by atoms with Gasteiger partial charge in [0.05, 0.1) is 10.2 Å². The van der Waals surface area contributed by atoms with Crippen molar-refractivity contribution in [2.45, 2.75) is 0 Å². The lowest BCUT2D eigenvalue weighted by Gasteiger charge is -1.96. The lowest BCUT2D eigenvalue weighted by atomic mass is 10.1. The Morgan fingerprint density at radius 3 is 2.88 bits per heavy atom. The van der Waals surface area contributed by atoms with Crippen molar-refractivity contribution in [3.63, 3.8) is 0 Å². The number of thiocarbonyl (C=S) groups is 1. The van der Waals surface area contributed by atoms with Crippen molar-refractivity contribution in [2.24, 2.45) is 5.73 Å². The van der Waals surface area contributed by atoms with Crippen LogP contribution in [0.3, 0.4) is 0 Å². The number of hydrogen-bond acceptors (Lipinski definition) is 3. The summed E-state index contributed by atoms with van der Waals surface area (Å²) in [6, 6.07) is 12.4. The maximum absolute atomic E-state index is 5.45. The molecule has 0 aliphatic carbocycles. The predicted molar refractivity (Wildman–Crippen MR) is 77.5 cm³/mol. The Morgan fingerprint density at radius 2 is 2.06 bits per heavy atom. The fourth-order valence-corrected chi connectivity index (χ4v) is 2.88. The summed E-state index contributed by atoms with van der Waals surface area (Å²) in [4.78, 5) is 4.52. The van der Waals surface area contributed by atoms with Gasteiger partial charge in [0.2, 0.25) is 0 Å². The lowest BCUT2D eigenvalue weighted by Crippen LogP contribution is -2.18. The Morgan fingerprint density at radius 1 is 1.24 bits per heavy atom. The molecule has 2 aromatic carbocycles. The SMILES string of the molecule is NC(=S)Nc1nc2c(ccc3ccccc32)s1. The van der Waals surface area contributed by atoms with E-state index in [1.54, 1.807) is 11.3 Å². The van der Waals surface area contributed by atoms with Crippen molar-refractivity contribution < 1.29 is 0 Å². The van der Waals surface area contributed by atoms with Crippen molar-refractivity contribution in [3.8, 4) is 0 Å². The number of nitrogens with zero attached hydrogens (tertiary/aromatic N) is 1. The number of anilines is 1. The first-order valence-corrected chi connectivity index (χ1v) is 6.31. The molecule has 0 atom stereocenters. The van der Waals surface area contributed by atoms with Crippen molar-refractivity contribution in [3.05, 3.63) is 36.4 Å². The second-order valence-electron chi connectivity index (χ2n) is 3.64.